The molecule has 18 heavy (non-hydrogen) atoms. The van der Waals surface area contributed by atoms with Gasteiger partial charge in [-0.15, -0.1) is 11.8 Å². The number of anilines is 1. The van der Waals surface area contributed by atoms with Crippen LogP contribution in [0.5, 0.6) is 0 Å². The number of ether oxygens (including phenoxy) is 1. The fourth-order valence-electron chi connectivity index (χ4n) is 1.98. The number of aliphatic hydroxyl groups is 1. The molecule has 1 aromatic carbocycles. The molecule has 1 aliphatic heterocycles. The van der Waals surface area contributed by atoms with Crippen LogP contribution >= 0.6 is 11.8 Å². The van der Waals surface area contributed by atoms with Crippen molar-refractivity contribution in [3.63, 3.8) is 0 Å². The highest BCUT2D eigenvalue weighted by Gasteiger charge is 2.12. The van der Waals surface area contributed by atoms with Gasteiger partial charge in [0.2, 0.25) is 0 Å². The first-order valence-corrected chi connectivity index (χ1v) is 7.55. The van der Waals surface area contributed by atoms with Crippen molar-refractivity contribution in [3.8, 4) is 0 Å². The molecule has 0 bridgehead atoms. The van der Waals surface area contributed by atoms with Gasteiger partial charge in [0.15, 0.2) is 0 Å². The summed E-state index contributed by atoms with van der Waals surface area (Å²) in [6.07, 6.45) is 3.03. The fourth-order valence-corrected chi connectivity index (χ4v) is 2.82. The Hall–Kier alpha value is -0.710. The maximum atomic E-state index is 8.74. The van der Waals surface area contributed by atoms with Gasteiger partial charge in [0, 0.05) is 42.2 Å². The number of benzene rings is 1. The van der Waals surface area contributed by atoms with Crippen LogP contribution in [0.25, 0.3) is 0 Å². The number of rotatable bonds is 6. The smallest absolute Gasteiger partial charge is 0.0485 e. The zero-order valence-electron chi connectivity index (χ0n) is 10.6. The van der Waals surface area contributed by atoms with Gasteiger partial charge in [0.05, 0.1) is 0 Å². The van der Waals surface area contributed by atoms with Crippen LogP contribution < -0.4 is 5.32 Å². The molecule has 0 spiro atoms. The third-order valence-corrected chi connectivity index (χ3v) is 4.12. The quantitative estimate of drug-likeness (QED) is 0.614. The minimum atomic E-state index is 0.274. The van der Waals surface area contributed by atoms with Crippen molar-refractivity contribution in [3.05, 3.63) is 24.3 Å². The van der Waals surface area contributed by atoms with Crippen molar-refractivity contribution in [1.29, 1.82) is 0 Å². The normalized spacial score (nSPS) is 16.7. The Morgan fingerprint density at radius 3 is 2.61 bits per heavy atom. The Morgan fingerprint density at radius 1 is 1.22 bits per heavy atom. The van der Waals surface area contributed by atoms with Gasteiger partial charge >= 0.3 is 0 Å². The van der Waals surface area contributed by atoms with E-state index in [1.165, 1.54) is 10.6 Å². The summed E-state index contributed by atoms with van der Waals surface area (Å²) in [7, 11) is 0. The summed E-state index contributed by atoms with van der Waals surface area (Å²) in [6.45, 7) is 2.01. The van der Waals surface area contributed by atoms with Gasteiger partial charge in [-0.1, -0.05) is 0 Å². The van der Waals surface area contributed by atoms with Gasteiger partial charge in [-0.25, -0.2) is 0 Å². The van der Waals surface area contributed by atoms with Gasteiger partial charge in [-0.3, -0.25) is 0 Å². The molecule has 0 amide bonds. The molecule has 1 heterocycles. The molecule has 0 radical (unpaired) electrons. The van der Waals surface area contributed by atoms with E-state index in [0.717, 1.165) is 38.2 Å². The van der Waals surface area contributed by atoms with Crippen molar-refractivity contribution in [2.75, 3.05) is 30.9 Å². The fraction of sp³-hybridized carbons (Fsp3) is 0.571. The highest BCUT2D eigenvalue weighted by Crippen LogP contribution is 2.22. The highest BCUT2D eigenvalue weighted by atomic mass is 32.2. The predicted octanol–water partition coefficient (Wildman–Crippen LogP) is 2.75. The first-order chi connectivity index (χ1) is 8.88. The molecule has 0 aromatic heterocycles. The van der Waals surface area contributed by atoms with Crippen LogP contribution in [0.1, 0.15) is 19.3 Å². The van der Waals surface area contributed by atoms with Gasteiger partial charge in [-0.2, -0.15) is 0 Å². The summed E-state index contributed by atoms with van der Waals surface area (Å²) in [4.78, 5) is 1.26. The maximum absolute atomic E-state index is 8.74. The van der Waals surface area contributed by atoms with E-state index in [0.29, 0.717) is 6.04 Å². The van der Waals surface area contributed by atoms with E-state index in [4.69, 9.17) is 9.84 Å². The van der Waals surface area contributed by atoms with Crippen molar-refractivity contribution in [2.45, 2.75) is 30.2 Å². The van der Waals surface area contributed by atoms with Crippen LogP contribution in [0.3, 0.4) is 0 Å². The summed E-state index contributed by atoms with van der Waals surface area (Å²) in [5.41, 5.74) is 1.19. The Labute approximate surface area is 113 Å². The lowest BCUT2D eigenvalue weighted by molar-refractivity contribution is 0.0904. The predicted molar refractivity (Wildman–Crippen MR) is 76.3 cm³/mol. The second-order valence-electron chi connectivity index (χ2n) is 4.48. The second-order valence-corrected chi connectivity index (χ2v) is 5.65. The Bertz CT molecular complexity index is 336. The first-order valence-electron chi connectivity index (χ1n) is 6.56. The summed E-state index contributed by atoms with van der Waals surface area (Å²) in [6, 6.07) is 9.10. The molecule has 2 N–H and O–H groups in total. The van der Waals surface area contributed by atoms with E-state index in [1.54, 1.807) is 11.8 Å². The molecule has 1 fully saturated rings. The molecule has 1 aliphatic rings. The van der Waals surface area contributed by atoms with Gasteiger partial charge in [-0.05, 0) is 43.5 Å². The van der Waals surface area contributed by atoms with Gasteiger partial charge in [0.25, 0.3) is 0 Å². The van der Waals surface area contributed by atoms with E-state index in [-0.39, 0.29) is 6.61 Å². The topological polar surface area (TPSA) is 41.5 Å². The number of nitrogens with one attached hydrogen (secondary N) is 1. The van der Waals surface area contributed by atoms with Crippen LogP contribution in [-0.2, 0) is 4.74 Å². The molecule has 1 saturated heterocycles. The van der Waals surface area contributed by atoms with Crippen molar-refractivity contribution >= 4 is 17.4 Å². The van der Waals surface area contributed by atoms with Crippen LogP contribution in [0, 0.1) is 0 Å². The third-order valence-electron chi connectivity index (χ3n) is 3.02. The van der Waals surface area contributed by atoms with Gasteiger partial charge in [0.1, 0.15) is 0 Å². The molecule has 0 aliphatic carbocycles. The summed E-state index contributed by atoms with van der Waals surface area (Å²) in [5, 5.41) is 12.3. The SMILES string of the molecule is OCCCSc1ccc(NC2CCOCC2)cc1. The zero-order valence-corrected chi connectivity index (χ0v) is 11.4. The highest BCUT2D eigenvalue weighted by molar-refractivity contribution is 7.99. The summed E-state index contributed by atoms with van der Waals surface area (Å²) < 4.78 is 5.35. The second kappa shape index (κ2) is 7.67. The molecule has 4 heteroatoms. The third kappa shape index (κ3) is 4.52. The molecule has 1 aromatic rings. The molecule has 3 nitrogen and oxygen atoms in total. The number of hydrogen-bond acceptors (Lipinski definition) is 4. The number of aliphatic hydroxyl groups excluding tert-OH is 1. The lowest BCUT2D eigenvalue weighted by Gasteiger charge is -2.24. The minimum Gasteiger partial charge on any atom is -0.396 e. The van der Waals surface area contributed by atoms with E-state index < -0.39 is 0 Å². The first kappa shape index (κ1) is 13.7. The summed E-state index contributed by atoms with van der Waals surface area (Å²) in [5.74, 6) is 0.975. The molecule has 2 rings (SSSR count). The molecule has 0 saturated carbocycles. The Morgan fingerprint density at radius 2 is 1.94 bits per heavy atom. The van der Waals surface area contributed by atoms with Gasteiger partial charge < -0.3 is 15.2 Å². The minimum absolute atomic E-state index is 0.274. The Balaban J connectivity index is 1.79. The van der Waals surface area contributed by atoms with E-state index in [2.05, 4.69) is 29.6 Å². The molecule has 0 atom stereocenters. The maximum Gasteiger partial charge on any atom is 0.0485 e. The average Bonchev–Trinajstić information content (AvgIpc) is 2.42. The van der Waals surface area contributed by atoms with E-state index >= 15 is 0 Å². The van der Waals surface area contributed by atoms with Crippen molar-refractivity contribution < 1.29 is 9.84 Å². The molecule has 0 unspecified atom stereocenters. The van der Waals surface area contributed by atoms with Crippen LogP contribution in [0.15, 0.2) is 29.2 Å². The van der Waals surface area contributed by atoms with Crippen molar-refractivity contribution in [1.82, 2.24) is 0 Å². The molecular formula is C14H21NO2S. The van der Waals surface area contributed by atoms with Crippen LogP contribution in [0.2, 0.25) is 0 Å². The summed E-state index contributed by atoms with van der Waals surface area (Å²) >= 11 is 1.79. The Kier molecular flexibility index (Phi) is 5.84. The average molecular weight is 267 g/mol. The monoisotopic (exact) mass is 267 g/mol. The number of thioether (sulfide) groups is 1. The molecule has 100 valence electrons. The standard InChI is InChI=1S/C14H21NO2S/c16-8-1-11-18-14-4-2-12(3-5-14)15-13-6-9-17-10-7-13/h2-5,13,15-16H,1,6-11H2. The number of hydrogen-bond donors (Lipinski definition) is 2. The largest absolute Gasteiger partial charge is 0.396 e. The lowest BCUT2D eigenvalue weighted by Crippen LogP contribution is -2.27. The molecular weight excluding hydrogens is 246 g/mol. The van der Waals surface area contributed by atoms with Crippen LogP contribution in [-0.4, -0.2) is 36.7 Å². The van der Waals surface area contributed by atoms with E-state index in [9.17, 15) is 0 Å². The van der Waals surface area contributed by atoms with Crippen LogP contribution in [0.4, 0.5) is 5.69 Å². The van der Waals surface area contributed by atoms with Crippen molar-refractivity contribution in [2.24, 2.45) is 0 Å². The lowest BCUT2D eigenvalue weighted by atomic mass is 10.1. The zero-order chi connectivity index (χ0) is 12.6. The van der Waals surface area contributed by atoms with E-state index in [1.807, 2.05) is 0 Å².